The summed E-state index contributed by atoms with van der Waals surface area (Å²) in [6.07, 6.45) is 0. The smallest absolute Gasteiger partial charge is 0.203 e. The van der Waals surface area contributed by atoms with E-state index in [9.17, 15) is 5.11 Å². The van der Waals surface area contributed by atoms with E-state index in [-0.39, 0.29) is 17.6 Å². The minimum atomic E-state index is -0.00324. The summed E-state index contributed by atoms with van der Waals surface area (Å²) in [5.41, 5.74) is 8.03. The molecule has 26 heavy (non-hydrogen) atoms. The molecule has 6 nitrogen and oxygen atoms in total. The standard InChI is InChI=1S/C20H27NO5/c1-12(13-6-7-17(23-2)16(22)8-13)15(11-21)14-9-18(24-3)20(26-5)19(10-14)25-4/h6-10,12,15,22H,11,21H2,1-5H3. The Morgan fingerprint density at radius 1 is 0.846 bits per heavy atom. The van der Waals surface area contributed by atoms with Crippen molar-refractivity contribution in [1.82, 2.24) is 0 Å². The summed E-state index contributed by atoms with van der Waals surface area (Å²) < 4.78 is 21.4. The lowest BCUT2D eigenvalue weighted by Crippen LogP contribution is -2.19. The van der Waals surface area contributed by atoms with E-state index in [2.05, 4.69) is 6.92 Å². The molecule has 2 aromatic rings. The van der Waals surface area contributed by atoms with E-state index >= 15 is 0 Å². The number of aromatic hydroxyl groups is 1. The zero-order valence-corrected chi connectivity index (χ0v) is 15.9. The number of phenolic OH excluding ortho intramolecular Hbond substituents is 1. The van der Waals surface area contributed by atoms with Crippen molar-refractivity contribution >= 4 is 0 Å². The number of rotatable bonds is 8. The lowest BCUT2D eigenvalue weighted by molar-refractivity contribution is 0.323. The average molecular weight is 361 g/mol. The van der Waals surface area contributed by atoms with E-state index in [0.29, 0.717) is 29.5 Å². The van der Waals surface area contributed by atoms with Crippen molar-refractivity contribution < 1.29 is 24.1 Å². The van der Waals surface area contributed by atoms with Gasteiger partial charge in [-0.15, -0.1) is 0 Å². The van der Waals surface area contributed by atoms with Crippen LogP contribution in [0, 0.1) is 0 Å². The number of methoxy groups -OCH3 is 4. The first-order valence-corrected chi connectivity index (χ1v) is 8.37. The molecule has 0 aliphatic heterocycles. The first-order valence-electron chi connectivity index (χ1n) is 8.37. The maximum Gasteiger partial charge on any atom is 0.203 e. The molecule has 6 heteroatoms. The molecule has 0 fully saturated rings. The Bertz CT molecular complexity index is 722. The molecule has 0 aliphatic carbocycles. The molecule has 2 unspecified atom stereocenters. The van der Waals surface area contributed by atoms with Crippen molar-refractivity contribution in [2.24, 2.45) is 5.73 Å². The molecule has 0 aromatic heterocycles. The van der Waals surface area contributed by atoms with Crippen molar-refractivity contribution in [1.29, 1.82) is 0 Å². The first kappa shape index (κ1) is 19.7. The zero-order chi connectivity index (χ0) is 19.3. The topological polar surface area (TPSA) is 83.2 Å². The molecule has 0 radical (unpaired) electrons. The molecule has 0 saturated carbocycles. The summed E-state index contributed by atoms with van der Waals surface area (Å²) in [7, 11) is 6.27. The van der Waals surface area contributed by atoms with Gasteiger partial charge < -0.3 is 29.8 Å². The second-order valence-electron chi connectivity index (χ2n) is 6.02. The normalized spacial score (nSPS) is 13.0. The molecule has 0 bridgehead atoms. The van der Waals surface area contributed by atoms with Gasteiger partial charge in [0.15, 0.2) is 23.0 Å². The second kappa shape index (κ2) is 8.67. The Labute approximate surface area is 154 Å². The summed E-state index contributed by atoms with van der Waals surface area (Å²) in [4.78, 5) is 0. The van der Waals surface area contributed by atoms with Gasteiger partial charge in [0.05, 0.1) is 28.4 Å². The predicted molar refractivity (Wildman–Crippen MR) is 101 cm³/mol. The van der Waals surface area contributed by atoms with E-state index in [1.54, 1.807) is 33.5 Å². The summed E-state index contributed by atoms with van der Waals surface area (Å²) in [6, 6.07) is 9.23. The molecular formula is C20H27NO5. The molecule has 0 spiro atoms. The van der Waals surface area contributed by atoms with Gasteiger partial charge in [0.2, 0.25) is 5.75 Å². The van der Waals surface area contributed by atoms with E-state index in [1.807, 2.05) is 18.2 Å². The first-order chi connectivity index (χ1) is 12.5. The fraction of sp³-hybridized carbons (Fsp3) is 0.400. The van der Waals surface area contributed by atoms with Crippen LogP contribution in [0.15, 0.2) is 30.3 Å². The maximum absolute atomic E-state index is 10.1. The summed E-state index contributed by atoms with van der Waals surface area (Å²) in [6.45, 7) is 2.49. The minimum Gasteiger partial charge on any atom is -0.504 e. The van der Waals surface area contributed by atoms with Crippen molar-refractivity contribution in [2.45, 2.75) is 18.8 Å². The number of hydrogen-bond acceptors (Lipinski definition) is 6. The van der Waals surface area contributed by atoms with Crippen LogP contribution in [-0.2, 0) is 0 Å². The van der Waals surface area contributed by atoms with Crippen molar-refractivity contribution in [3.05, 3.63) is 41.5 Å². The fourth-order valence-corrected chi connectivity index (χ4v) is 3.17. The lowest BCUT2D eigenvalue weighted by atomic mass is 9.82. The van der Waals surface area contributed by atoms with Gasteiger partial charge in [-0.25, -0.2) is 0 Å². The van der Waals surface area contributed by atoms with Gasteiger partial charge in [-0.2, -0.15) is 0 Å². The molecule has 0 amide bonds. The molecule has 0 saturated heterocycles. The van der Waals surface area contributed by atoms with E-state index < -0.39 is 0 Å². The van der Waals surface area contributed by atoms with Crippen molar-refractivity contribution in [3.8, 4) is 28.7 Å². The summed E-state index contributed by atoms with van der Waals surface area (Å²) in [5.74, 6) is 2.33. The molecular weight excluding hydrogens is 334 g/mol. The third-order valence-corrected chi connectivity index (χ3v) is 4.70. The van der Waals surface area contributed by atoms with Crippen LogP contribution in [0.2, 0.25) is 0 Å². The van der Waals surface area contributed by atoms with Crippen LogP contribution in [0.1, 0.15) is 29.9 Å². The van der Waals surface area contributed by atoms with Gasteiger partial charge in [0, 0.05) is 5.92 Å². The Kier molecular flexibility index (Phi) is 6.58. The van der Waals surface area contributed by atoms with E-state index in [4.69, 9.17) is 24.7 Å². The van der Waals surface area contributed by atoms with Crippen molar-refractivity contribution in [2.75, 3.05) is 35.0 Å². The van der Waals surface area contributed by atoms with E-state index in [0.717, 1.165) is 11.1 Å². The SMILES string of the molecule is COc1ccc(C(C)C(CN)c2cc(OC)c(OC)c(OC)c2)cc1O. The number of hydrogen-bond donors (Lipinski definition) is 2. The van der Waals surface area contributed by atoms with Crippen LogP contribution in [0.3, 0.4) is 0 Å². The van der Waals surface area contributed by atoms with Crippen LogP contribution in [0.5, 0.6) is 28.7 Å². The second-order valence-corrected chi connectivity index (χ2v) is 6.02. The lowest BCUT2D eigenvalue weighted by Gasteiger charge is -2.25. The molecule has 2 aromatic carbocycles. The predicted octanol–water partition coefficient (Wildman–Crippen LogP) is 3.27. The highest BCUT2D eigenvalue weighted by molar-refractivity contribution is 5.55. The van der Waals surface area contributed by atoms with Crippen LogP contribution in [0.4, 0.5) is 0 Å². The van der Waals surface area contributed by atoms with E-state index in [1.165, 1.54) is 7.11 Å². The van der Waals surface area contributed by atoms with Crippen LogP contribution < -0.4 is 24.7 Å². The maximum atomic E-state index is 10.1. The van der Waals surface area contributed by atoms with Gasteiger partial charge in [-0.3, -0.25) is 0 Å². The molecule has 142 valence electrons. The van der Waals surface area contributed by atoms with Gasteiger partial charge in [-0.05, 0) is 47.9 Å². The minimum absolute atomic E-state index is 0.00324. The Balaban J connectivity index is 2.45. The zero-order valence-electron chi connectivity index (χ0n) is 15.9. The van der Waals surface area contributed by atoms with Gasteiger partial charge in [0.1, 0.15) is 0 Å². The molecule has 2 rings (SSSR count). The highest BCUT2D eigenvalue weighted by Crippen LogP contribution is 2.43. The molecule has 3 N–H and O–H groups in total. The summed E-state index contributed by atoms with van der Waals surface area (Å²) in [5, 5.41) is 10.1. The van der Waals surface area contributed by atoms with Crippen molar-refractivity contribution in [3.63, 3.8) is 0 Å². The molecule has 2 atom stereocenters. The largest absolute Gasteiger partial charge is 0.504 e. The van der Waals surface area contributed by atoms with Crippen LogP contribution >= 0.6 is 0 Å². The van der Waals surface area contributed by atoms with Gasteiger partial charge in [-0.1, -0.05) is 13.0 Å². The number of nitrogens with two attached hydrogens (primary N) is 1. The fourth-order valence-electron chi connectivity index (χ4n) is 3.17. The van der Waals surface area contributed by atoms with Crippen LogP contribution in [-0.4, -0.2) is 40.1 Å². The average Bonchev–Trinajstić information content (AvgIpc) is 2.67. The monoisotopic (exact) mass is 361 g/mol. The van der Waals surface area contributed by atoms with Crippen LogP contribution in [0.25, 0.3) is 0 Å². The molecule has 0 heterocycles. The Hall–Kier alpha value is -2.60. The number of benzene rings is 2. The Morgan fingerprint density at radius 2 is 1.42 bits per heavy atom. The quantitative estimate of drug-likeness (QED) is 0.751. The number of ether oxygens (including phenoxy) is 4. The van der Waals surface area contributed by atoms with Gasteiger partial charge >= 0.3 is 0 Å². The third kappa shape index (κ3) is 3.80. The number of phenols is 1. The molecule has 0 aliphatic rings. The highest BCUT2D eigenvalue weighted by atomic mass is 16.5. The van der Waals surface area contributed by atoms with Gasteiger partial charge in [0.25, 0.3) is 0 Å². The summed E-state index contributed by atoms with van der Waals surface area (Å²) >= 11 is 0. The third-order valence-electron chi connectivity index (χ3n) is 4.70. The Morgan fingerprint density at radius 3 is 1.85 bits per heavy atom. The highest BCUT2D eigenvalue weighted by Gasteiger charge is 2.24.